The minimum absolute atomic E-state index is 0.0295. The Bertz CT molecular complexity index is 1150. The van der Waals surface area contributed by atoms with Gasteiger partial charge in [-0.15, -0.1) is 0 Å². The average Bonchev–Trinajstić information content (AvgIpc) is 3.00. The topological polar surface area (TPSA) is 140 Å². The Labute approximate surface area is 186 Å². The molecule has 0 spiro atoms. The predicted octanol–water partition coefficient (Wildman–Crippen LogP) is 2.21. The number of nitrogens with one attached hydrogen (secondary N) is 1. The van der Waals surface area contributed by atoms with Crippen molar-refractivity contribution in [2.24, 2.45) is 0 Å². The molecule has 4 N–H and O–H groups in total. The minimum Gasteiger partial charge on any atom is -0.507 e. The van der Waals surface area contributed by atoms with Gasteiger partial charge in [-0.25, -0.2) is 9.03 Å². The van der Waals surface area contributed by atoms with E-state index in [0.29, 0.717) is 31.6 Å². The van der Waals surface area contributed by atoms with Crippen LogP contribution in [-0.2, 0) is 16.6 Å². The van der Waals surface area contributed by atoms with Gasteiger partial charge in [-0.2, -0.15) is 8.42 Å². The lowest BCUT2D eigenvalue weighted by atomic mass is 10.1. The number of aliphatic hydroxyl groups excluding tert-OH is 1. The van der Waals surface area contributed by atoms with Crippen molar-refractivity contribution in [3.05, 3.63) is 59.6 Å². The van der Waals surface area contributed by atoms with E-state index in [4.69, 9.17) is 4.74 Å². The standard InChI is InChI=1S/C21H25N3O7S/c1-23(2)21(28)20-17(26)7-5-8-18(20)31-11-4-3-6-14-9-10-16(25)15(12-14)24-13-19(27)22-32(24,29)30/h5,7-10,12-13,22,25-27H,3-4,6,11H2,1-2H3. The molecule has 0 bridgehead atoms. The Morgan fingerprint density at radius 2 is 1.84 bits per heavy atom. The molecule has 10 nitrogen and oxygen atoms in total. The van der Waals surface area contributed by atoms with Crippen LogP contribution in [0.15, 0.2) is 48.5 Å². The molecule has 0 saturated heterocycles. The number of aryl methyl sites for hydroxylation is 1. The molecule has 0 aromatic heterocycles. The number of hydrogen-bond acceptors (Lipinski definition) is 7. The molecule has 1 amide bonds. The first-order chi connectivity index (χ1) is 15.1. The molecular formula is C21H25N3O7S. The summed E-state index contributed by atoms with van der Waals surface area (Å²) >= 11 is 0. The molecule has 0 fully saturated rings. The van der Waals surface area contributed by atoms with Crippen LogP contribution in [0.1, 0.15) is 28.8 Å². The second-order valence-corrected chi connectivity index (χ2v) is 8.94. The summed E-state index contributed by atoms with van der Waals surface area (Å²) in [4.78, 5) is 13.6. The SMILES string of the molecule is CN(C)C(=O)c1c(O)cccc1OCCCCc1ccc(O)c(N2C=C(O)NS2(=O)=O)c1. The van der Waals surface area contributed by atoms with Crippen molar-refractivity contribution >= 4 is 21.8 Å². The predicted molar refractivity (Wildman–Crippen MR) is 118 cm³/mol. The molecule has 1 aliphatic heterocycles. The smallest absolute Gasteiger partial charge is 0.330 e. The van der Waals surface area contributed by atoms with E-state index in [-0.39, 0.29) is 28.7 Å². The molecule has 32 heavy (non-hydrogen) atoms. The average molecular weight is 464 g/mol. The molecule has 0 saturated carbocycles. The molecular weight excluding hydrogens is 438 g/mol. The maximum Gasteiger partial charge on any atom is 0.330 e. The number of amides is 1. The largest absolute Gasteiger partial charge is 0.507 e. The van der Waals surface area contributed by atoms with E-state index in [1.165, 1.54) is 23.1 Å². The molecule has 2 aromatic rings. The van der Waals surface area contributed by atoms with Gasteiger partial charge in [0.1, 0.15) is 28.5 Å². The van der Waals surface area contributed by atoms with Crippen LogP contribution in [0.3, 0.4) is 0 Å². The van der Waals surface area contributed by atoms with Crippen molar-refractivity contribution < 1.29 is 33.3 Å². The Morgan fingerprint density at radius 3 is 2.50 bits per heavy atom. The lowest BCUT2D eigenvalue weighted by Gasteiger charge is -2.17. The molecule has 11 heteroatoms. The van der Waals surface area contributed by atoms with Gasteiger partial charge >= 0.3 is 10.2 Å². The first-order valence-electron chi connectivity index (χ1n) is 9.81. The highest BCUT2D eigenvalue weighted by Crippen LogP contribution is 2.33. The van der Waals surface area contributed by atoms with E-state index in [1.54, 1.807) is 32.3 Å². The number of aliphatic hydroxyl groups is 1. The van der Waals surface area contributed by atoms with Crippen molar-refractivity contribution in [1.82, 2.24) is 9.62 Å². The van der Waals surface area contributed by atoms with Crippen LogP contribution in [0, 0.1) is 0 Å². The number of anilines is 1. The highest BCUT2D eigenvalue weighted by Gasteiger charge is 2.30. The molecule has 3 rings (SSSR count). The maximum absolute atomic E-state index is 12.3. The Balaban J connectivity index is 1.60. The number of aromatic hydroxyl groups is 2. The summed E-state index contributed by atoms with van der Waals surface area (Å²) in [5.74, 6) is -0.985. The van der Waals surface area contributed by atoms with E-state index in [0.717, 1.165) is 16.1 Å². The zero-order chi connectivity index (χ0) is 23.5. The van der Waals surface area contributed by atoms with Gasteiger partial charge < -0.3 is 25.0 Å². The number of ether oxygens (including phenoxy) is 1. The lowest BCUT2D eigenvalue weighted by Crippen LogP contribution is -2.29. The van der Waals surface area contributed by atoms with Gasteiger partial charge in [0.25, 0.3) is 5.91 Å². The van der Waals surface area contributed by atoms with Crippen LogP contribution in [0.2, 0.25) is 0 Å². The third kappa shape index (κ3) is 4.99. The third-order valence-electron chi connectivity index (χ3n) is 4.75. The van der Waals surface area contributed by atoms with Crippen LogP contribution in [0.5, 0.6) is 17.2 Å². The number of hydrogen-bond donors (Lipinski definition) is 4. The molecule has 2 aromatic carbocycles. The van der Waals surface area contributed by atoms with E-state index >= 15 is 0 Å². The zero-order valence-electron chi connectivity index (χ0n) is 17.6. The summed E-state index contributed by atoms with van der Waals surface area (Å²) in [5.41, 5.74) is 0.924. The van der Waals surface area contributed by atoms with Crippen molar-refractivity contribution in [1.29, 1.82) is 0 Å². The van der Waals surface area contributed by atoms with E-state index < -0.39 is 16.1 Å². The van der Waals surface area contributed by atoms with Gasteiger partial charge in [-0.3, -0.25) is 4.79 Å². The summed E-state index contributed by atoms with van der Waals surface area (Å²) in [6, 6.07) is 9.26. The Kier molecular flexibility index (Phi) is 6.68. The summed E-state index contributed by atoms with van der Waals surface area (Å²) in [7, 11) is -0.823. The van der Waals surface area contributed by atoms with Crippen molar-refractivity contribution in [3.63, 3.8) is 0 Å². The van der Waals surface area contributed by atoms with Crippen molar-refractivity contribution in [2.75, 3.05) is 25.0 Å². The van der Waals surface area contributed by atoms with Crippen LogP contribution < -0.4 is 13.8 Å². The van der Waals surface area contributed by atoms with Crippen LogP contribution in [-0.4, -0.2) is 55.2 Å². The zero-order valence-corrected chi connectivity index (χ0v) is 18.5. The summed E-state index contributed by atoms with van der Waals surface area (Å²) < 4.78 is 32.5. The van der Waals surface area contributed by atoms with Crippen LogP contribution in [0.4, 0.5) is 5.69 Å². The summed E-state index contributed by atoms with van der Waals surface area (Å²) in [6.45, 7) is 0.309. The van der Waals surface area contributed by atoms with Crippen LogP contribution >= 0.6 is 0 Å². The third-order valence-corrected chi connectivity index (χ3v) is 6.04. The Hall–Kier alpha value is -3.60. The first-order valence-corrected chi connectivity index (χ1v) is 11.3. The van der Waals surface area contributed by atoms with Crippen LogP contribution in [0.25, 0.3) is 0 Å². The van der Waals surface area contributed by atoms with Gasteiger partial charge in [0.15, 0.2) is 0 Å². The number of phenols is 2. The molecule has 0 aliphatic carbocycles. The second-order valence-electron chi connectivity index (χ2n) is 7.40. The number of rotatable bonds is 8. The normalized spacial score (nSPS) is 14.6. The molecule has 1 aliphatic rings. The minimum atomic E-state index is -4.00. The van der Waals surface area contributed by atoms with Gasteiger partial charge in [-0.1, -0.05) is 12.1 Å². The molecule has 1 heterocycles. The molecule has 0 atom stereocenters. The number of carbonyl (C=O) groups excluding carboxylic acids is 1. The number of unbranched alkanes of at least 4 members (excludes halogenated alkanes) is 1. The number of phenolic OH excluding ortho intramolecular Hbond substituents is 2. The highest BCUT2D eigenvalue weighted by atomic mass is 32.2. The molecule has 0 unspecified atom stereocenters. The fourth-order valence-corrected chi connectivity index (χ4v) is 4.24. The second kappa shape index (κ2) is 9.27. The van der Waals surface area contributed by atoms with E-state index in [1.807, 2.05) is 4.72 Å². The number of benzene rings is 2. The first kappa shape index (κ1) is 23.1. The number of carbonyl (C=O) groups is 1. The Morgan fingerprint density at radius 1 is 1.09 bits per heavy atom. The van der Waals surface area contributed by atoms with Gasteiger partial charge in [0.05, 0.1) is 12.8 Å². The lowest BCUT2D eigenvalue weighted by molar-refractivity contribution is 0.0820. The van der Waals surface area contributed by atoms with Gasteiger partial charge in [0.2, 0.25) is 5.88 Å². The summed E-state index contributed by atoms with van der Waals surface area (Å²) in [6.07, 6.45) is 2.87. The fourth-order valence-electron chi connectivity index (χ4n) is 3.18. The van der Waals surface area contributed by atoms with E-state index in [9.17, 15) is 28.5 Å². The highest BCUT2D eigenvalue weighted by molar-refractivity contribution is 7.91. The monoisotopic (exact) mass is 463 g/mol. The van der Waals surface area contributed by atoms with Gasteiger partial charge in [-0.05, 0) is 49.1 Å². The number of nitrogens with zero attached hydrogens (tertiary/aromatic N) is 2. The summed E-state index contributed by atoms with van der Waals surface area (Å²) in [5, 5.41) is 29.5. The quantitative estimate of drug-likeness (QED) is 0.440. The van der Waals surface area contributed by atoms with Gasteiger partial charge in [0, 0.05) is 14.1 Å². The van der Waals surface area contributed by atoms with Crippen molar-refractivity contribution in [2.45, 2.75) is 19.3 Å². The molecule has 0 radical (unpaired) electrons. The van der Waals surface area contributed by atoms with E-state index in [2.05, 4.69) is 0 Å². The van der Waals surface area contributed by atoms with Crippen molar-refractivity contribution in [3.8, 4) is 17.2 Å². The maximum atomic E-state index is 12.3. The fraction of sp³-hybridized carbons (Fsp3) is 0.286. The molecule has 172 valence electrons.